The molecule has 2 N–H and O–H groups in total. The first-order valence-electron chi connectivity index (χ1n) is 6.81. The molecular weight excluding hydrogens is 306 g/mol. The molecule has 122 valence electrons. The van der Waals surface area contributed by atoms with E-state index in [9.17, 15) is 14.4 Å². The molecule has 0 spiro atoms. The number of aromatic nitrogens is 1. The van der Waals surface area contributed by atoms with Gasteiger partial charge in [0, 0.05) is 24.4 Å². The van der Waals surface area contributed by atoms with Crippen molar-refractivity contribution < 1.29 is 19.5 Å². The lowest BCUT2D eigenvalue weighted by molar-refractivity contribution is -0.138. The normalized spacial score (nSPS) is 11.1. The third-order valence-electron chi connectivity index (χ3n) is 2.87. The SMILES string of the molecule is CN(CCC(=O)O)C(=O)Cc1csc(NC(=O)C(C)(C)C)n1. The monoisotopic (exact) mass is 327 g/mol. The van der Waals surface area contributed by atoms with E-state index in [0.717, 1.165) is 0 Å². The van der Waals surface area contributed by atoms with Crippen LogP contribution < -0.4 is 5.32 Å². The highest BCUT2D eigenvalue weighted by molar-refractivity contribution is 7.13. The molecule has 0 bridgehead atoms. The number of amides is 2. The molecule has 1 aromatic heterocycles. The first kappa shape index (κ1) is 18.1. The molecule has 1 rings (SSSR count). The van der Waals surface area contributed by atoms with Crippen LogP contribution in [0.1, 0.15) is 32.9 Å². The van der Waals surface area contributed by atoms with Crippen LogP contribution in [0.3, 0.4) is 0 Å². The highest BCUT2D eigenvalue weighted by Crippen LogP contribution is 2.20. The fraction of sp³-hybridized carbons (Fsp3) is 0.571. The highest BCUT2D eigenvalue weighted by Gasteiger charge is 2.22. The second kappa shape index (κ2) is 7.35. The molecule has 7 nitrogen and oxygen atoms in total. The zero-order valence-corrected chi connectivity index (χ0v) is 14.0. The standard InChI is InChI=1S/C14H21N3O4S/c1-14(2,3)12(21)16-13-15-9(8-22-13)7-10(18)17(4)6-5-11(19)20/h8H,5-7H2,1-4H3,(H,19,20)(H,15,16,21). The number of rotatable bonds is 6. The molecule has 8 heteroatoms. The maximum Gasteiger partial charge on any atom is 0.305 e. The fourth-order valence-corrected chi connectivity index (χ4v) is 2.11. The average molecular weight is 327 g/mol. The molecule has 0 aliphatic carbocycles. The van der Waals surface area contributed by atoms with Crippen molar-refractivity contribution in [1.29, 1.82) is 0 Å². The van der Waals surface area contributed by atoms with Gasteiger partial charge in [0.15, 0.2) is 5.13 Å². The van der Waals surface area contributed by atoms with E-state index in [-0.39, 0.29) is 31.2 Å². The number of carbonyl (C=O) groups excluding carboxylic acids is 2. The minimum Gasteiger partial charge on any atom is -0.481 e. The van der Waals surface area contributed by atoms with Gasteiger partial charge in [0.2, 0.25) is 11.8 Å². The zero-order valence-electron chi connectivity index (χ0n) is 13.2. The van der Waals surface area contributed by atoms with Gasteiger partial charge in [-0.3, -0.25) is 14.4 Å². The van der Waals surface area contributed by atoms with Crippen molar-refractivity contribution in [3.63, 3.8) is 0 Å². The molecule has 0 unspecified atom stereocenters. The Balaban J connectivity index is 2.56. The maximum atomic E-state index is 11.9. The van der Waals surface area contributed by atoms with Crippen molar-refractivity contribution in [3.8, 4) is 0 Å². The Labute approximate surface area is 133 Å². The van der Waals surface area contributed by atoms with Gasteiger partial charge >= 0.3 is 5.97 Å². The third kappa shape index (κ3) is 5.80. The number of likely N-dealkylation sites (N-methyl/N-ethyl adjacent to an activating group) is 1. The number of anilines is 1. The zero-order chi connectivity index (χ0) is 16.9. The van der Waals surface area contributed by atoms with Crippen molar-refractivity contribution in [3.05, 3.63) is 11.1 Å². The summed E-state index contributed by atoms with van der Waals surface area (Å²) in [5.74, 6) is -1.29. The second-order valence-corrected chi connectivity index (χ2v) is 6.84. The van der Waals surface area contributed by atoms with Crippen LogP contribution in [0.25, 0.3) is 0 Å². The summed E-state index contributed by atoms with van der Waals surface area (Å²) in [7, 11) is 1.56. The summed E-state index contributed by atoms with van der Waals surface area (Å²) in [4.78, 5) is 39.8. The van der Waals surface area contributed by atoms with Gasteiger partial charge in [0.25, 0.3) is 0 Å². The van der Waals surface area contributed by atoms with E-state index in [0.29, 0.717) is 10.8 Å². The molecule has 0 aliphatic heterocycles. The van der Waals surface area contributed by atoms with Gasteiger partial charge < -0.3 is 15.3 Å². The molecule has 0 fully saturated rings. The van der Waals surface area contributed by atoms with Gasteiger partial charge in [-0.1, -0.05) is 20.8 Å². The first-order chi connectivity index (χ1) is 10.1. The third-order valence-corrected chi connectivity index (χ3v) is 3.68. The number of hydrogen-bond donors (Lipinski definition) is 2. The van der Waals surface area contributed by atoms with E-state index in [1.807, 2.05) is 0 Å². The van der Waals surface area contributed by atoms with Crippen molar-refractivity contribution in [1.82, 2.24) is 9.88 Å². The Hall–Kier alpha value is -1.96. The van der Waals surface area contributed by atoms with Crippen LogP contribution >= 0.6 is 11.3 Å². The Morgan fingerprint density at radius 1 is 1.36 bits per heavy atom. The smallest absolute Gasteiger partial charge is 0.305 e. The topological polar surface area (TPSA) is 99.6 Å². The molecule has 22 heavy (non-hydrogen) atoms. The molecule has 0 saturated carbocycles. The molecule has 2 amide bonds. The van der Waals surface area contributed by atoms with Gasteiger partial charge in [-0.25, -0.2) is 4.98 Å². The lowest BCUT2D eigenvalue weighted by atomic mass is 9.96. The van der Waals surface area contributed by atoms with E-state index in [4.69, 9.17) is 5.11 Å². The summed E-state index contributed by atoms with van der Waals surface area (Å²) >= 11 is 1.26. The predicted octanol–water partition coefficient (Wildman–Crippen LogP) is 1.60. The van der Waals surface area contributed by atoms with E-state index in [1.165, 1.54) is 16.2 Å². The lowest BCUT2D eigenvalue weighted by Crippen LogP contribution is -2.30. The van der Waals surface area contributed by atoms with Gasteiger partial charge in [-0.05, 0) is 0 Å². The number of nitrogens with one attached hydrogen (secondary N) is 1. The van der Waals surface area contributed by atoms with Crippen LogP contribution in [0.15, 0.2) is 5.38 Å². The van der Waals surface area contributed by atoms with E-state index in [2.05, 4.69) is 10.3 Å². The number of thiazole rings is 1. The van der Waals surface area contributed by atoms with Gasteiger partial charge in [0.05, 0.1) is 18.5 Å². The van der Waals surface area contributed by atoms with Gasteiger partial charge in [0.1, 0.15) is 0 Å². The van der Waals surface area contributed by atoms with Crippen molar-refractivity contribution in [2.24, 2.45) is 5.41 Å². The maximum absolute atomic E-state index is 11.9. The Morgan fingerprint density at radius 2 is 2.00 bits per heavy atom. The number of hydrogen-bond acceptors (Lipinski definition) is 5. The minimum absolute atomic E-state index is 0.0814. The summed E-state index contributed by atoms with van der Waals surface area (Å²) in [6.07, 6.45) is -0.00972. The van der Waals surface area contributed by atoms with Crippen LogP contribution in [0.5, 0.6) is 0 Å². The van der Waals surface area contributed by atoms with E-state index in [1.54, 1.807) is 33.2 Å². The molecule has 1 aromatic rings. The number of nitrogens with zero attached hydrogens (tertiary/aromatic N) is 2. The molecule has 0 aliphatic rings. The number of aliphatic carboxylic acids is 1. The highest BCUT2D eigenvalue weighted by atomic mass is 32.1. The molecule has 0 aromatic carbocycles. The lowest BCUT2D eigenvalue weighted by Gasteiger charge is -2.16. The summed E-state index contributed by atoms with van der Waals surface area (Å²) in [6, 6.07) is 0. The van der Waals surface area contributed by atoms with Crippen LogP contribution in [0, 0.1) is 5.41 Å². The number of carboxylic acids is 1. The Morgan fingerprint density at radius 3 is 2.55 bits per heavy atom. The number of carboxylic acid groups (broad SMARTS) is 1. The Bertz CT molecular complexity index is 563. The van der Waals surface area contributed by atoms with Crippen molar-refractivity contribution >= 4 is 34.3 Å². The largest absolute Gasteiger partial charge is 0.481 e. The first-order valence-corrected chi connectivity index (χ1v) is 7.69. The van der Waals surface area contributed by atoms with Crippen LogP contribution in [0.4, 0.5) is 5.13 Å². The van der Waals surface area contributed by atoms with Crippen molar-refractivity contribution in [2.75, 3.05) is 18.9 Å². The second-order valence-electron chi connectivity index (χ2n) is 5.98. The summed E-state index contributed by atoms with van der Waals surface area (Å²) < 4.78 is 0. The molecule has 0 atom stereocenters. The van der Waals surface area contributed by atoms with E-state index >= 15 is 0 Å². The van der Waals surface area contributed by atoms with Crippen LogP contribution in [-0.4, -0.2) is 46.4 Å². The molecule has 0 saturated heterocycles. The fourth-order valence-electron chi connectivity index (χ4n) is 1.41. The quantitative estimate of drug-likeness (QED) is 0.827. The summed E-state index contributed by atoms with van der Waals surface area (Å²) in [5.41, 5.74) is 0.0417. The molecule has 0 radical (unpaired) electrons. The van der Waals surface area contributed by atoms with Crippen molar-refractivity contribution in [2.45, 2.75) is 33.6 Å². The van der Waals surface area contributed by atoms with E-state index < -0.39 is 11.4 Å². The van der Waals surface area contributed by atoms with Gasteiger partial charge in [-0.15, -0.1) is 11.3 Å². The predicted molar refractivity (Wildman–Crippen MR) is 83.8 cm³/mol. The number of carbonyl (C=O) groups is 3. The van der Waals surface area contributed by atoms with Crippen LogP contribution in [0.2, 0.25) is 0 Å². The van der Waals surface area contributed by atoms with Gasteiger partial charge in [-0.2, -0.15) is 0 Å². The summed E-state index contributed by atoms with van der Waals surface area (Å²) in [5, 5.41) is 13.5. The molecule has 1 heterocycles. The Kier molecular flexibility index (Phi) is 6.04. The molecular formula is C14H21N3O4S. The van der Waals surface area contributed by atoms with Crippen LogP contribution in [-0.2, 0) is 20.8 Å². The average Bonchev–Trinajstić information content (AvgIpc) is 2.81. The minimum atomic E-state index is -0.944. The summed E-state index contributed by atoms with van der Waals surface area (Å²) in [6.45, 7) is 5.57.